The van der Waals surface area contributed by atoms with Crippen molar-refractivity contribution in [2.75, 3.05) is 39.6 Å². The molecule has 89 heavy (non-hydrogen) atoms. The second-order valence-electron chi connectivity index (χ2n) is 25.3. The Bertz CT molecular complexity index is 1710. The molecule has 17 nitrogen and oxygen atoms in total. The van der Waals surface area contributed by atoms with Crippen molar-refractivity contribution in [2.24, 2.45) is 0 Å². The zero-order valence-electron chi connectivity index (χ0n) is 57.4. The summed E-state index contributed by atoms with van der Waals surface area (Å²) < 4.78 is 68.2. The first kappa shape index (κ1) is 87.1. The zero-order chi connectivity index (χ0) is 65.4. The van der Waals surface area contributed by atoms with Gasteiger partial charge in [0.2, 0.25) is 0 Å². The van der Waals surface area contributed by atoms with Gasteiger partial charge in [-0.15, -0.1) is 0 Å². The molecule has 528 valence electrons. The third kappa shape index (κ3) is 64.6. The molecule has 19 heteroatoms. The van der Waals surface area contributed by atoms with Crippen LogP contribution in [-0.4, -0.2) is 96.7 Å². The van der Waals surface area contributed by atoms with Crippen LogP contribution in [0.3, 0.4) is 0 Å². The highest BCUT2D eigenvalue weighted by Gasteiger charge is 2.30. The van der Waals surface area contributed by atoms with E-state index in [0.717, 1.165) is 96.3 Å². The Labute approximate surface area is 543 Å². The molecule has 0 rings (SSSR count). The fourth-order valence-electron chi connectivity index (χ4n) is 10.7. The molecule has 0 aliphatic rings. The van der Waals surface area contributed by atoms with Crippen LogP contribution < -0.4 is 0 Å². The number of carbonyl (C=O) groups is 4. The molecule has 0 saturated heterocycles. The molecular formula is C70H136O17P2. The van der Waals surface area contributed by atoms with E-state index in [-0.39, 0.29) is 25.7 Å². The number of hydrogen-bond donors (Lipinski definition) is 3. The highest BCUT2D eigenvalue weighted by Crippen LogP contribution is 2.45. The maximum Gasteiger partial charge on any atom is 0.472 e. The van der Waals surface area contributed by atoms with Crippen LogP contribution >= 0.6 is 15.6 Å². The standard InChI is InChI=1S/C70H136O17P2/c1-5-9-13-17-21-25-28-30-32-34-37-39-43-47-51-55-68(73)81-61-66(87-70(75)57-53-49-45-41-38-35-33-31-29-26-22-18-14-10-6-2)63-85-89(78,79)83-59-64(71)58-82-88(76,77)84-62-65(60-80-67(72)54-50-46-42-24-20-16-12-8-4)86-69(74)56-52-48-44-40-36-27-23-19-15-11-7-3/h64-66,71H,5-63H2,1-4H3,(H,76,77)(H,78,79)/t64-,65+,66+/m0/s1. The van der Waals surface area contributed by atoms with E-state index < -0.39 is 97.5 Å². The molecule has 0 radical (unpaired) electrons. The van der Waals surface area contributed by atoms with Gasteiger partial charge in [0.25, 0.3) is 0 Å². The molecule has 0 aromatic heterocycles. The fraction of sp³-hybridized carbons (Fsp3) is 0.943. The molecule has 0 saturated carbocycles. The van der Waals surface area contributed by atoms with Gasteiger partial charge in [0.15, 0.2) is 12.2 Å². The minimum Gasteiger partial charge on any atom is -0.462 e. The van der Waals surface area contributed by atoms with Crippen LogP contribution in [0.4, 0.5) is 0 Å². The molecule has 0 heterocycles. The first-order chi connectivity index (χ1) is 43.2. The smallest absolute Gasteiger partial charge is 0.462 e. The number of phosphoric acid groups is 2. The van der Waals surface area contributed by atoms with Crippen LogP contribution in [0.25, 0.3) is 0 Å². The molecule has 2 unspecified atom stereocenters. The highest BCUT2D eigenvalue weighted by atomic mass is 31.2. The summed E-state index contributed by atoms with van der Waals surface area (Å²) in [5.74, 6) is -2.12. The van der Waals surface area contributed by atoms with Crippen molar-refractivity contribution in [3.05, 3.63) is 0 Å². The average molecular weight is 1310 g/mol. The van der Waals surface area contributed by atoms with E-state index in [1.165, 1.54) is 193 Å². The predicted octanol–water partition coefficient (Wildman–Crippen LogP) is 20.3. The lowest BCUT2D eigenvalue weighted by atomic mass is 10.0. The number of phosphoric ester groups is 2. The maximum atomic E-state index is 13.0. The minimum atomic E-state index is -4.95. The highest BCUT2D eigenvalue weighted by molar-refractivity contribution is 7.47. The number of esters is 4. The van der Waals surface area contributed by atoms with E-state index in [2.05, 4.69) is 27.7 Å². The number of unbranched alkanes of at least 4 members (excludes halogenated alkanes) is 45. The molecule has 5 atom stereocenters. The molecular weight excluding hydrogens is 1170 g/mol. The zero-order valence-corrected chi connectivity index (χ0v) is 59.2. The Morgan fingerprint density at radius 3 is 0.663 bits per heavy atom. The summed E-state index contributed by atoms with van der Waals surface area (Å²) in [6.45, 7) is 4.92. The first-order valence-electron chi connectivity index (χ1n) is 36.8. The van der Waals surface area contributed by atoms with Crippen LogP contribution in [0.15, 0.2) is 0 Å². The second kappa shape index (κ2) is 64.8. The molecule has 0 bridgehead atoms. The topological polar surface area (TPSA) is 237 Å². The molecule has 3 N–H and O–H groups in total. The summed E-state index contributed by atoms with van der Waals surface area (Å²) in [7, 11) is -9.89. The van der Waals surface area contributed by atoms with Crippen LogP contribution in [0, 0.1) is 0 Å². The number of rotatable bonds is 71. The summed E-state index contributed by atoms with van der Waals surface area (Å²) >= 11 is 0. The van der Waals surface area contributed by atoms with Crippen molar-refractivity contribution in [3.63, 3.8) is 0 Å². The van der Waals surface area contributed by atoms with E-state index in [9.17, 15) is 43.2 Å². The summed E-state index contributed by atoms with van der Waals surface area (Å²) in [6.07, 6.45) is 52.6. The predicted molar refractivity (Wildman–Crippen MR) is 359 cm³/mol. The van der Waals surface area contributed by atoms with Gasteiger partial charge < -0.3 is 33.8 Å². The molecule has 0 amide bonds. The van der Waals surface area contributed by atoms with Gasteiger partial charge >= 0.3 is 39.5 Å². The quantitative estimate of drug-likeness (QED) is 0.0222. The third-order valence-electron chi connectivity index (χ3n) is 16.4. The normalized spacial score (nSPS) is 14.0. The van der Waals surface area contributed by atoms with Crippen molar-refractivity contribution >= 4 is 39.5 Å². The summed E-state index contributed by atoms with van der Waals surface area (Å²) in [5.41, 5.74) is 0. The van der Waals surface area contributed by atoms with E-state index >= 15 is 0 Å². The molecule has 0 aromatic carbocycles. The minimum absolute atomic E-state index is 0.107. The van der Waals surface area contributed by atoms with Crippen molar-refractivity contribution in [1.29, 1.82) is 0 Å². The Morgan fingerprint density at radius 1 is 0.270 bits per heavy atom. The molecule has 0 fully saturated rings. The van der Waals surface area contributed by atoms with Crippen LogP contribution in [0.5, 0.6) is 0 Å². The van der Waals surface area contributed by atoms with Gasteiger partial charge in [0, 0.05) is 25.7 Å². The number of hydrogen-bond acceptors (Lipinski definition) is 15. The van der Waals surface area contributed by atoms with Crippen molar-refractivity contribution in [3.8, 4) is 0 Å². The van der Waals surface area contributed by atoms with Gasteiger partial charge in [-0.1, -0.05) is 317 Å². The van der Waals surface area contributed by atoms with E-state index in [0.29, 0.717) is 25.7 Å². The fourth-order valence-corrected chi connectivity index (χ4v) is 12.3. The number of carbonyl (C=O) groups excluding carboxylic acids is 4. The van der Waals surface area contributed by atoms with Gasteiger partial charge in [0.1, 0.15) is 19.3 Å². The monoisotopic (exact) mass is 1310 g/mol. The largest absolute Gasteiger partial charge is 0.472 e. The van der Waals surface area contributed by atoms with Crippen molar-refractivity contribution in [2.45, 2.75) is 386 Å². The summed E-state index contributed by atoms with van der Waals surface area (Å²) in [5, 5.41) is 10.6. The van der Waals surface area contributed by atoms with Gasteiger partial charge in [0.05, 0.1) is 26.4 Å². The van der Waals surface area contributed by atoms with Gasteiger partial charge in [-0.2, -0.15) is 0 Å². The molecule has 0 spiro atoms. The maximum absolute atomic E-state index is 13.0. The molecule has 0 aliphatic heterocycles. The van der Waals surface area contributed by atoms with Crippen LogP contribution in [-0.2, 0) is 65.4 Å². The molecule has 0 aromatic rings. The molecule has 0 aliphatic carbocycles. The summed E-state index contributed by atoms with van der Waals surface area (Å²) in [4.78, 5) is 72.5. The number of aliphatic hydroxyl groups excluding tert-OH is 1. The Kier molecular flexibility index (Phi) is 63.3. The lowest BCUT2D eigenvalue weighted by Crippen LogP contribution is -2.30. The van der Waals surface area contributed by atoms with E-state index in [4.69, 9.17) is 37.0 Å². The van der Waals surface area contributed by atoms with Crippen LogP contribution in [0.1, 0.15) is 368 Å². The Morgan fingerprint density at radius 2 is 0.449 bits per heavy atom. The Hall–Kier alpha value is -1.94. The van der Waals surface area contributed by atoms with Crippen LogP contribution in [0.2, 0.25) is 0 Å². The number of ether oxygens (including phenoxy) is 4. The average Bonchev–Trinajstić information content (AvgIpc) is 3.55. The van der Waals surface area contributed by atoms with Gasteiger partial charge in [-0.25, -0.2) is 9.13 Å². The first-order valence-corrected chi connectivity index (χ1v) is 39.8. The number of aliphatic hydroxyl groups is 1. The van der Waals surface area contributed by atoms with Gasteiger partial charge in [-0.3, -0.25) is 37.3 Å². The summed E-state index contributed by atoms with van der Waals surface area (Å²) in [6, 6.07) is 0. The lowest BCUT2D eigenvalue weighted by molar-refractivity contribution is -0.161. The van der Waals surface area contributed by atoms with E-state index in [1.54, 1.807) is 0 Å². The van der Waals surface area contributed by atoms with Gasteiger partial charge in [-0.05, 0) is 25.7 Å². The van der Waals surface area contributed by atoms with Crippen molar-refractivity contribution in [1.82, 2.24) is 0 Å². The lowest BCUT2D eigenvalue weighted by Gasteiger charge is -2.21. The Balaban J connectivity index is 5.21. The third-order valence-corrected chi connectivity index (χ3v) is 18.3. The SMILES string of the molecule is CCCCCCCCCCCCCCCCCC(=O)OC[C@H](COP(=O)(O)OC[C@@H](O)COP(=O)(O)OC[C@@H](COC(=O)CCCCCCCCCC)OC(=O)CCCCCCCCCCCCC)OC(=O)CCCCCCCCCCCCCCCCC. The van der Waals surface area contributed by atoms with E-state index in [1.807, 2.05) is 0 Å². The van der Waals surface area contributed by atoms with Crippen molar-refractivity contribution < 1.29 is 80.2 Å². The second-order valence-corrected chi connectivity index (χ2v) is 28.2.